The number of aryl methyl sites for hydroxylation is 6. The van der Waals surface area contributed by atoms with Crippen molar-refractivity contribution in [1.82, 2.24) is 59.8 Å². The smallest absolute Gasteiger partial charge is 0.247 e. The SMILES string of the molecule is CSc1ncc(C)c(-c2nn(C3CCCCO3)c3nc(-c4c(C)noc4C)ccc23)n1.Cc1cnc(S(C)(=O)=O)nc1-c1nn(C2CCCCO2)c2nc(-c3c(C)noc3C)ccc12. The van der Waals surface area contributed by atoms with Crippen LogP contribution in [0, 0.1) is 41.5 Å². The highest BCUT2D eigenvalue weighted by atomic mass is 32.2. The molecule has 8 aromatic rings. The predicted octanol–water partition coefficient (Wildman–Crippen LogP) is 8.46. The van der Waals surface area contributed by atoms with E-state index < -0.39 is 9.84 Å². The molecule has 2 unspecified atom stereocenters. The van der Waals surface area contributed by atoms with Crippen molar-refractivity contribution < 1.29 is 26.9 Å². The highest BCUT2D eigenvalue weighted by Crippen LogP contribution is 2.37. The molecule has 20 heteroatoms. The quantitative estimate of drug-likeness (QED) is 0.103. The summed E-state index contributed by atoms with van der Waals surface area (Å²) >= 11 is 1.52. The minimum atomic E-state index is -3.58. The summed E-state index contributed by atoms with van der Waals surface area (Å²) in [6, 6.07) is 7.87. The third-order valence-electron chi connectivity index (χ3n) is 11.4. The number of nitrogens with zero attached hydrogens (tertiary/aromatic N) is 12. The number of hydrogen-bond acceptors (Lipinski definition) is 17. The summed E-state index contributed by atoms with van der Waals surface area (Å²) in [5, 5.41) is 20.1. The summed E-state index contributed by atoms with van der Waals surface area (Å²) < 4.78 is 50.7. The maximum atomic E-state index is 12.1. The zero-order chi connectivity index (χ0) is 44.9. The number of aromatic nitrogens is 12. The number of rotatable bonds is 8. The number of fused-ring (bicyclic) bond motifs is 2. The highest BCUT2D eigenvalue weighted by Gasteiger charge is 2.28. The van der Waals surface area contributed by atoms with Gasteiger partial charge in [-0.3, -0.25) is 0 Å². The van der Waals surface area contributed by atoms with Gasteiger partial charge in [-0.05, 0) is 122 Å². The van der Waals surface area contributed by atoms with E-state index in [1.54, 1.807) is 4.68 Å². The summed E-state index contributed by atoms with van der Waals surface area (Å²) in [5.41, 5.74) is 10.6. The lowest BCUT2D eigenvalue weighted by Crippen LogP contribution is -2.19. The lowest BCUT2D eigenvalue weighted by atomic mass is 10.1. The van der Waals surface area contributed by atoms with Crippen molar-refractivity contribution in [2.24, 2.45) is 0 Å². The summed E-state index contributed by atoms with van der Waals surface area (Å²) in [6.07, 6.45) is 11.9. The third-order valence-corrected chi connectivity index (χ3v) is 12.8. The van der Waals surface area contributed by atoms with Crippen LogP contribution < -0.4 is 0 Å². The molecule has 0 N–H and O–H groups in total. The first-order valence-electron chi connectivity index (χ1n) is 21.1. The van der Waals surface area contributed by atoms with Crippen molar-refractivity contribution in [3.05, 3.63) is 70.7 Å². The molecule has 0 bridgehead atoms. The molecule has 0 aliphatic carbocycles. The van der Waals surface area contributed by atoms with Crippen molar-refractivity contribution in [2.75, 3.05) is 25.7 Å². The lowest BCUT2D eigenvalue weighted by Gasteiger charge is -2.23. The number of pyridine rings is 2. The van der Waals surface area contributed by atoms with E-state index in [2.05, 4.69) is 31.3 Å². The van der Waals surface area contributed by atoms with E-state index in [0.717, 1.165) is 130 Å². The molecular formula is C44H48N12O6S2. The topological polar surface area (TPSA) is 218 Å². The number of sulfone groups is 1. The van der Waals surface area contributed by atoms with Gasteiger partial charge in [-0.25, -0.2) is 47.7 Å². The van der Waals surface area contributed by atoms with Gasteiger partial charge in [-0.15, -0.1) is 0 Å². The second kappa shape index (κ2) is 17.5. The van der Waals surface area contributed by atoms with Crippen LogP contribution in [0.3, 0.4) is 0 Å². The van der Waals surface area contributed by atoms with E-state index in [0.29, 0.717) is 35.0 Å². The Morgan fingerprint density at radius 1 is 0.625 bits per heavy atom. The van der Waals surface area contributed by atoms with Crippen molar-refractivity contribution >= 4 is 43.7 Å². The van der Waals surface area contributed by atoms with E-state index in [4.69, 9.17) is 43.7 Å². The van der Waals surface area contributed by atoms with E-state index in [9.17, 15) is 8.42 Å². The van der Waals surface area contributed by atoms with Gasteiger partial charge in [0.1, 0.15) is 22.9 Å². The van der Waals surface area contributed by atoms with Gasteiger partial charge in [0.2, 0.25) is 15.0 Å². The minimum Gasteiger partial charge on any atom is -0.361 e. The van der Waals surface area contributed by atoms with Gasteiger partial charge in [0.05, 0.1) is 45.3 Å². The summed E-state index contributed by atoms with van der Waals surface area (Å²) in [6.45, 7) is 12.8. The van der Waals surface area contributed by atoms with Gasteiger partial charge in [-0.2, -0.15) is 10.2 Å². The van der Waals surface area contributed by atoms with Crippen LogP contribution in [0.1, 0.15) is 85.0 Å². The normalized spacial score (nSPS) is 16.9. The lowest BCUT2D eigenvalue weighted by molar-refractivity contribution is -0.0369. The largest absolute Gasteiger partial charge is 0.361 e. The van der Waals surface area contributed by atoms with E-state index in [1.165, 1.54) is 18.0 Å². The molecule has 0 saturated carbocycles. The maximum absolute atomic E-state index is 12.1. The monoisotopic (exact) mass is 904 g/mol. The molecule has 2 fully saturated rings. The van der Waals surface area contributed by atoms with Crippen LogP contribution in [-0.4, -0.2) is 93.9 Å². The first-order chi connectivity index (χ1) is 30.8. The summed E-state index contributed by atoms with van der Waals surface area (Å²) in [7, 11) is -3.58. The molecular weight excluding hydrogens is 857 g/mol. The molecule has 64 heavy (non-hydrogen) atoms. The molecule has 10 heterocycles. The molecule has 8 aromatic heterocycles. The van der Waals surface area contributed by atoms with Crippen LogP contribution >= 0.6 is 11.8 Å². The fourth-order valence-electron chi connectivity index (χ4n) is 8.20. The predicted molar refractivity (Wildman–Crippen MR) is 239 cm³/mol. The molecule has 0 spiro atoms. The maximum Gasteiger partial charge on any atom is 0.247 e. The van der Waals surface area contributed by atoms with Gasteiger partial charge >= 0.3 is 0 Å². The Morgan fingerprint density at radius 2 is 1.11 bits per heavy atom. The van der Waals surface area contributed by atoms with Crippen LogP contribution in [0.4, 0.5) is 0 Å². The Kier molecular flexibility index (Phi) is 11.9. The molecule has 0 radical (unpaired) electrons. The molecule has 10 rings (SSSR count). The van der Waals surface area contributed by atoms with Gasteiger partial charge in [0.15, 0.2) is 28.9 Å². The molecule has 2 saturated heterocycles. The van der Waals surface area contributed by atoms with Crippen LogP contribution in [0.5, 0.6) is 0 Å². The number of thioether (sulfide) groups is 1. The fraction of sp³-hybridized carbons (Fsp3) is 0.409. The molecule has 0 aromatic carbocycles. The van der Waals surface area contributed by atoms with Crippen molar-refractivity contribution in [2.45, 2.75) is 103 Å². The first-order valence-corrected chi connectivity index (χ1v) is 24.2. The average molecular weight is 905 g/mol. The Bertz CT molecular complexity index is 3110. The number of hydrogen-bond donors (Lipinski definition) is 0. The van der Waals surface area contributed by atoms with Gasteiger partial charge < -0.3 is 18.5 Å². The molecule has 2 aliphatic heterocycles. The molecule has 2 atom stereocenters. The summed E-state index contributed by atoms with van der Waals surface area (Å²) in [5.74, 6) is 1.44. The minimum absolute atomic E-state index is 0.139. The molecule has 18 nitrogen and oxygen atoms in total. The number of ether oxygens (including phenoxy) is 2. The fourth-order valence-corrected chi connectivity index (χ4v) is 9.04. The van der Waals surface area contributed by atoms with Crippen molar-refractivity contribution in [1.29, 1.82) is 0 Å². The van der Waals surface area contributed by atoms with Gasteiger partial charge in [0.25, 0.3) is 0 Å². The van der Waals surface area contributed by atoms with E-state index in [1.807, 2.05) is 76.9 Å². The van der Waals surface area contributed by atoms with Gasteiger partial charge in [-0.1, -0.05) is 22.1 Å². The zero-order valence-corrected chi connectivity index (χ0v) is 38.5. The van der Waals surface area contributed by atoms with Crippen molar-refractivity contribution in [3.63, 3.8) is 0 Å². The Morgan fingerprint density at radius 3 is 1.53 bits per heavy atom. The standard InChI is InChI=1S/C22H24N6O4S.C22H24N6O2S/c1-12-11-23-22(33(4,29)30)25-19(12)20-15-8-9-16(18-13(2)27-32-14(18)3)24-21(15)28(26-20)17-7-5-6-10-31-17;1-12-11-23-22(31-4)25-19(12)20-15-8-9-16(18-13(2)27-30-14(18)3)24-21(15)28(26-20)17-7-5-6-10-29-17/h8-9,11,17H,5-7,10H2,1-4H3;8-9,11,17H,5-7,10H2,1-4H3. The Hall–Kier alpha value is -5.96. The first kappa shape index (κ1) is 43.3. The summed E-state index contributed by atoms with van der Waals surface area (Å²) in [4.78, 5) is 27.4. The van der Waals surface area contributed by atoms with Crippen LogP contribution in [-0.2, 0) is 19.3 Å². The molecule has 2 aliphatic rings. The Labute approximate surface area is 373 Å². The second-order valence-corrected chi connectivity index (χ2v) is 18.8. The zero-order valence-electron chi connectivity index (χ0n) is 36.9. The molecule has 332 valence electrons. The highest BCUT2D eigenvalue weighted by molar-refractivity contribution is 7.98. The Balaban J connectivity index is 0.000000162. The van der Waals surface area contributed by atoms with E-state index >= 15 is 0 Å². The average Bonchev–Trinajstić information content (AvgIpc) is 4.06. The second-order valence-electron chi connectivity index (χ2n) is 16.1. The van der Waals surface area contributed by atoms with Crippen LogP contribution in [0.25, 0.3) is 67.4 Å². The van der Waals surface area contributed by atoms with Crippen LogP contribution in [0.2, 0.25) is 0 Å². The third kappa shape index (κ3) is 8.18. The van der Waals surface area contributed by atoms with Crippen LogP contribution in [0.15, 0.2) is 56.0 Å². The van der Waals surface area contributed by atoms with Crippen molar-refractivity contribution in [3.8, 4) is 45.3 Å². The molecule has 0 amide bonds. The van der Waals surface area contributed by atoms with Gasteiger partial charge in [0, 0.05) is 42.6 Å². The van der Waals surface area contributed by atoms with E-state index in [-0.39, 0.29) is 17.6 Å².